The number of carbonyl (C=O) groups excluding carboxylic acids is 1. The number of benzene rings is 3. The summed E-state index contributed by atoms with van der Waals surface area (Å²) in [4.78, 5) is 12.4. The van der Waals surface area contributed by atoms with Crippen molar-refractivity contribution >= 4 is 55.3 Å². The Hall–Kier alpha value is -3.12. The number of carbonyl (C=O) groups is 1. The third-order valence-electron chi connectivity index (χ3n) is 4.24. The van der Waals surface area contributed by atoms with E-state index in [0.29, 0.717) is 11.3 Å². The van der Waals surface area contributed by atoms with Crippen LogP contribution in [-0.4, -0.2) is 14.3 Å². The van der Waals surface area contributed by atoms with E-state index in [-0.39, 0.29) is 21.2 Å². The molecule has 0 saturated heterocycles. The molecule has 162 valence electrons. The molecule has 0 radical (unpaired) electrons. The van der Waals surface area contributed by atoms with E-state index in [9.17, 15) is 18.5 Å². The van der Waals surface area contributed by atoms with Crippen molar-refractivity contribution in [1.82, 2.24) is 0 Å². The Bertz CT molecular complexity index is 1330. The van der Waals surface area contributed by atoms with Crippen molar-refractivity contribution in [2.24, 2.45) is 0 Å². The van der Waals surface area contributed by atoms with Gasteiger partial charge in [0.1, 0.15) is 16.5 Å². The maximum Gasteiger partial charge on any atom is 0.339 e. The van der Waals surface area contributed by atoms with E-state index < -0.39 is 16.0 Å². The van der Waals surface area contributed by atoms with Crippen LogP contribution in [0.25, 0.3) is 6.08 Å². The Morgan fingerprint density at radius 3 is 2.34 bits per heavy atom. The van der Waals surface area contributed by atoms with Crippen LogP contribution < -0.4 is 9.50 Å². The average Bonchev–Trinajstić information content (AvgIpc) is 2.75. The highest BCUT2D eigenvalue weighted by molar-refractivity contribution is 9.10. The summed E-state index contributed by atoms with van der Waals surface area (Å²) in [5, 5.41) is 12.0. The molecule has 0 atom stereocenters. The Kier molecular flexibility index (Phi) is 7.36. The number of anilines is 1. The molecule has 0 aliphatic rings. The highest BCUT2D eigenvalue weighted by atomic mass is 79.9. The second-order valence-electron chi connectivity index (χ2n) is 6.67. The van der Waals surface area contributed by atoms with Gasteiger partial charge in [-0.1, -0.05) is 51.3 Å². The van der Waals surface area contributed by atoms with Gasteiger partial charge in [0.05, 0.1) is 5.02 Å². The summed E-state index contributed by atoms with van der Waals surface area (Å²) < 4.78 is 30.9. The van der Waals surface area contributed by atoms with Crippen LogP contribution in [0.4, 0.5) is 5.69 Å². The van der Waals surface area contributed by atoms with Crippen molar-refractivity contribution in [2.45, 2.75) is 11.8 Å². The van der Waals surface area contributed by atoms with Crippen LogP contribution in [0.1, 0.15) is 11.1 Å². The van der Waals surface area contributed by atoms with Crippen LogP contribution in [0.3, 0.4) is 0 Å². The van der Waals surface area contributed by atoms with Crippen molar-refractivity contribution in [1.29, 1.82) is 5.26 Å². The average molecular weight is 532 g/mol. The monoisotopic (exact) mass is 530 g/mol. The number of nitriles is 1. The van der Waals surface area contributed by atoms with Crippen molar-refractivity contribution in [3.05, 3.63) is 92.9 Å². The number of amides is 1. The molecule has 0 aliphatic carbocycles. The van der Waals surface area contributed by atoms with Crippen LogP contribution in [0.5, 0.6) is 5.75 Å². The molecule has 6 nitrogen and oxygen atoms in total. The Morgan fingerprint density at radius 1 is 1.09 bits per heavy atom. The van der Waals surface area contributed by atoms with Crippen LogP contribution in [0.2, 0.25) is 5.02 Å². The summed E-state index contributed by atoms with van der Waals surface area (Å²) in [6.45, 7) is 1.84. The second-order valence-corrected chi connectivity index (χ2v) is 9.54. The van der Waals surface area contributed by atoms with Gasteiger partial charge in [-0.25, -0.2) is 0 Å². The van der Waals surface area contributed by atoms with Crippen LogP contribution in [-0.2, 0) is 14.9 Å². The largest absolute Gasteiger partial charge is 0.377 e. The SMILES string of the molecule is Cc1ccc(S(=O)(=O)Oc2ccc(/C=C(\C#N)C(=O)Nc3ccc(Br)cc3)cc2Cl)cc1. The molecule has 32 heavy (non-hydrogen) atoms. The molecular weight excluding hydrogens is 516 g/mol. The first-order valence-corrected chi connectivity index (χ1v) is 11.8. The van der Waals surface area contributed by atoms with E-state index in [2.05, 4.69) is 21.2 Å². The van der Waals surface area contributed by atoms with Gasteiger partial charge in [0.15, 0.2) is 5.75 Å². The minimum absolute atomic E-state index is 0.000446. The van der Waals surface area contributed by atoms with Gasteiger partial charge in [0, 0.05) is 10.2 Å². The van der Waals surface area contributed by atoms with Crippen molar-refractivity contribution in [2.75, 3.05) is 5.32 Å². The van der Waals surface area contributed by atoms with E-state index in [0.717, 1.165) is 10.0 Å². The van der Waals surface area contributed by atoms with Crippen LogP contribution in [0.15, 0.2) is 81.7 Å². The van der Waals surface area contributed by atoms with Crippen molar-refractivity contribution < 1.29 is 17.4 Å². The molecule has 0 saturated carbocycles. The zero-order valence-electron chi connectivity index (χ0n) is 16.7. The summed E-state index contributed by atoms with van der Waals surface area (Å²) in [7, 11) is -4.06. The molecule has 1 amide bonds. The fourth-order valence-corrected chi connectivity index (χ4v) is 4.08. The minimum atomic E-state index is -4.06. The summed E-state index contributed by atoms with van der Waals surface area (Å²) in [6.07, 6.45) is 1.35. The van der Waals surface area contributed by atoms with Gasteiger partial charge < -0.3 is 9.50 Å². The molecule has 3 rings (SSSR count). The lowest BCUT2D eigenvalue weighted by molar-refractivity contribution is -0.112. The number of nitrogens with zero attached hydrogens (tertiary/aromatic N) is 1. The first kappa shape index (κ1) is 23.5. The fourth-order valence-electron chi connectivity index (χ4n) is 2.59. The van der Waals surface area contributed by atoms with Gasteiger partial charge in [-0.2, -0.15) is 13.7 Å². The Morgan fingerprint density at radius 2 is 1.75 bits per heavy atom. The third kappa shape index (κ3) is 5.98. The van der Waals surface area contributed by atoms with E-state index in [1.165, 1.54) is 36.4 Å². The molecule has 0 bridgehead atoms. The summed E-state index contributed by atoms with van der Waals surface area (Å²) in [5.41, 5.74) is 1.72. The smallest absolute Gasteiger partial charge is 0.339 e. The fraction of sp³-hybridized carbons (Fsp3) is 0.0435. The van der Waals surface area contributed by atoms with Crippen molar-refractivity contribution in [3.8, 4) is 11.8 Å². The molecule has 0 spiro atoms. The number of hydrogen-bond donors (Lipinski definition) is 1. The van der Waals surface area contributed by atoms with E-state index in [1.807, 2.05) is 13.0 Å². The molecule has 3 aromatic rings. The maximum absolute atomic E-state index is 12.5. The molecule has 0 aliphatic heterocycles. The molecular formula is C23H16BrClN2O4S. The van der Waals surface area contributed by atoms with Gasteiger partial charge in [0.25, 0.3) is 5.91 Å². The van der Waals surface area contributed by atoms with E-state index in [1.54, 1.807) is 36.4 Å². The Balaban J connectivity index is 1.79. The third-order valence-corrected chi connectivity index (χ3v) is 6.32. The zero-order chi connectivity index (χ0) is 23.3. The topological polar surface area (TPSA) is 96.3 Å². The molecule has 1 N–H and O–H groups in total. The van der Waals surface area contributed by atoms with Gasteiger partial charge in [-0.15, -0.1) is 0 Å². The number of aryl methyl sites for hydroxylation is 1. The maximum atomic E-state index is 12.5. The van der Waals surface area contributed by atoms with Crippen LogP contribution >= 0.6 is 27.5 Å². The first-order chi connectivity index (χ1) is 15.2. The summed E-state index contributed by atoms with van der Waals surface area (Å²) >= 11 is 9.50. The molecule has 9 heteroatoms. The van der Waals surface area contributed by atoms with Gasteiger partial charge in [0.2, 0.25) is 0 Å². The lowest BCUT2D eigenvalue weighted by atomic mass is 10.1. The van der Waals surface area contributed by atoms with Gasteiger partial charge in [-0.3, -0.25) is 4.79 Å². The summed E-state index contributed by atoms with van der Waals surface area (Å²) in [5.74, 6) is -0.657. The summed E-state index contributed by atoms with van der Waals surface area (Å²) in [6, 6.07) is 19.2. The number of hydrogen-bond acceptors (Lipinski definition) is 5. The molecule has 3 aromatic carbocycles. The lowest BCUT2D eigenvalue weighted by Gasteiger charge is -2.09. The number of rotatable bonds is 6. The predicted octanol–water partition coefficient (Wildman–Crippen LogP) is 5.72. The number of nitrogens with one attached hydrogen (secondary N) is 1. The van der Waals surface area contributed by atoms with Gasteiger partial charge >= 0.3 is 10.1 Å². The van der Waals surface area contributed by atoms with E-state index in [4.69, 9.17) is 15.8 Å². The van der Waals surface area contributed by atoms with Gasteiger partial charge in [-0.05, 0) is 67.1 Å². The highest BCUT2D eigenvalue weighted by Gasteiger charge is 2.18. The first-order valence-electron chi connectivity index (χ1n) is 9.17. The highest BCUT2D eigenvalue weighted by Crippen LogP contribution is 2.29. The quantitative estimate of drug-likeness (QED) is 0.249. The van der Waals surface area contributed by atoms with Crippen LogP contribution in [0, 0.1) is 18.3 Å². The van der Waals surface area contributed by atoms with Crippen molar-refractivity contribution in [3.63, 3.8) is 0 Å². The molecule has 0 unspecified atom stereocenters. The normalized spacial score (nSPS) is 11.5. The minimum Gasteiger partial charge on any atom is -0.377 e. The number of halogens is 2. The standard InChI is InChI=1S/C23H16BrClN2O4S/c1-15-2-9-20(10-3-15)32(29,30)31-22-11-4-16(13-21(22)25)12-17(14-26)23(28)27-19-7-5-18(24)6-8-19/h2-13H,1H3,(H,27,28)/b17-12+. The predicted molar refractivity (Wildman–Crippen MR) is 127 cm³/mol. The Labute approximate surface area is 199 Å². The molecule has 0 fully saturated rings. The molecule has 0 aromatic heterocycles. The lowest BCUT2D eigenvalue weighted by Crippen LogP contribution is -2.13. The second kappa shape index (κ2) is 10.0. The zero-order valence-corrected chi connectivity index (χ0v) is 19.8. The molecule has 0 heterocycles. The van der Waals surface area contributed by atoms with E-state index >= 15 is 0 Å².